The van der Waals surface area contributed by atoms with Gasteiger partial charge in [-0.1, -0.05) is 46.9 Å². The van der Waals surface area contributed by atoms with Crippen LogP contribution in [0.4, 0.5) is 0 Å². The molecule has 0 fully saturated rings. The molecule has 0 saturated heterocycles. The van der Waals surface area contributed by atoms with Gasteiger partial charge in [0.05, 0.1) is 22.7 Å². The summed E-state index contributed by atoms with van der Waals surface area (Å²) in [6.07, 6.45) is 0. The lowest BCUT2D eigenvalue weighted by molar-refractivity contribution is 0.378. The summed E-state index contributed by atoms with van der Waals surface area (Å²) in [6, 6.07) is 14.7. The van der Waals surface area contributed by atoms with E-state index in [0.29, 0.717) is 26.5 Å². The Morgan fingerprint density at radius 1 is 0.966 bits per heavy atom. The maximum atomic E-state index is 12.8. The fourth-order valence-corrected chi connectivity index (χ4v) is 4.49. The Balaban J connectivity index is 1.75. The van der Waals surface area contributed by atoms with Crippen molar-refractivity contribution >= 4 is 64.2 Å². The topological polar surface area (TPSA) is 68.7 Å². The normalized spacial score (nSPS) is 13.4. The van der Waals surface area contributed by atoms with Crippen LogP contribution < -0.4 is 9.05 Å². The van der Waals surface area contributed by atoms with Gasteiger partial charge in [-0.25, -0.2) is 9.55 Å². The quantitative estimate of drug-likeness (QED) is 0.251. The molecule has 0 radical (unpaired) electrons. The maximum absolute atomic E-state index is 12.8. The van der Waals surface area contributed by atoms with Gasteiger partial charge >= 0.3 is 7.60 Å². The van der Waals surface area contributed by atoms with E-state index in [1.807, 2.05) is 0 Å². The molecule has 0 spiro atoms. The third-order valence-electron chi connectivity index (χ3n) is 4.08. The lowest BCUT2D eigenvalue weighted by atomic mass is 10.1. The molecule has 0 aliphatic rings. The van der Waals surface area contributed by atoms with Gasteiger partial charge in [0.15, 0.2) is 11.5 Å². The van der Waals surface area contributed by atoms with E-state index >= 15 is 0 Å². The van der Waals surface area contributed by atoms with Crippen molar-refractivity contribution < 1.29 is 18.7 Å². The second-order valence-corrected chi connectivity index (χ2v) is 9.53. The van der Waals surface area contributed by atoms with E-state index in [1.54, 1.807) is 42.5 Å². The Morgan fingerprint density at radius 2 is 1.72 bits per heavy atom. The number of aromatic hydroxyl groups is 1. The minimum Gasteiger partial charge on any atom is -0.504 e. The predicted octanol–water partition coefficient (Wildman–Crippen LogP) is 7.33. The van der Waals surface area contributed by atoms with Crippen LogP contribution in [-0.4, -0.2) is 16.8 Å². The molecule has 1 unspecified atom stereocenters. The summed E-state index contributed by atoms with van der Waals surface area (Å²) in [5, 5.41) is 13.0. The van der Waals surface area contributed by atoms with Crippen molar-refractivity contribution in [1.82, 2.24) is 4.98 Å². The highest BCUT2D eigenvalue weighted by molar-refractivity contribution is 7.53. The Bertz CT molecular complexity index is 1310. The summed E-state index contributed by atoms with van der Waals surface area (Å²) in [5.41, 5.74) is 0.999. The summed E-state index contributed by atoms with van der Waals surface area (Å²) in [5.74, 6) is -0.0461. The number of benzene rings is 3. The first-order valence-electron chi connectivity index (χ1n) is 8.36. The van der Waals surface area contributed by atoms with Gasteiger partial charge in [-0.05, 0) is 36.4 Å². The van der Waals surface area contributed by atoms with Crippen LogP contribution in [0.1, 0.15) is 0 Å². The van der Waals surface area contributed by atoms with Crippen molar-refractivity contribution in [2.24, 2.45) is 0 Å². The zero-order chi connectivity index (χ0) is 20.8. The van der Waals surface area contributed by atoms with Crippen LogP contribution in [0.5, 0.6) is 17.2 Å². The number of hydrogen-bond donors (Lipinski definition) is 1. The number of rotatable bonds is 4. The molecule has 3 aromatic carbocycles. The molecule has 29 heavy (non-hydrogen) atoms. The van der Waals surface area contributed by atoms with E-state index in [0.717, 1.165) is 5.39 Å². The molecule has 9 heteroatoms. The van der Waals surface area contributed by atoms with E-state index in [9.17, 15) is 9.67 Å². The predicted molar refractivity (Wildman–Crippen MR) is 117 cm³/mol. The van der Waals surface area contributed by atoms with Crippen molar-refractivity contribution in [3.63, 3.8) is 0 Å². The Morgan fingerprint density at radius 3 is 2.48 bits per heavy atom. The number of pyridine rings is 1. The van der Waals surface area contributed by atoms with Crippen LogP contribution in [0.25, 0.3) is 21.8 Å². The number of phenolic OH excluding ortho intramolecular Hbond substituents is 1. The van der Waals surface area contributed by atoms with E-state index in [-0.39, 0.29) is 22.3 Å². The van der Waals surface area contributed by atoms with Gasteiger partial charge in [-0.2, -0.15) is 0 Å². The first-order valence-corrected chi connectivity index (χ1v) is 11.5. The Kier molecular flexibility index (Phi) is 5.26. The van der Waals surface area contributed by atoms with Gasteiger partial charge < -0.3 is 14.2 Å². The Hall–Kier alpha value is -2.17. The highest BCUT2D eigenvalue weighted by atomic mass is 35.5. The largest absolute Gasteiger partial charge is 0.504 e. The standard InChI is InChI=1S/C20H13Cl3NO4P/c1-29(26,27-14-4-2-3-12(21)8-14)28-18-10-16(23)19-15(20(18)25)7-11-5-6-13(22)9-17(11)24-19/h2-10,25H,1H3. The van der Waals surface area contributed by atoms with Crippen molar-refractivity contribution in [3.8, 4) is 17.2 Å². The van der Waals surface area contributed by atoms with Gasteiger partial charge in [0.2, 0.25) is 0 Å². The number of hydrogen-bond acceptors (Lipinski definition) is 5. The number of nitrogens with zero attached hydrogens (tertiary/aromatic N) is 1. The van der Waals surface area contributed by atoms with Gasteiger partial charge in [0, 0.05) is 26.9 Å². The molecular formula is C20H13Cl3NO4P. The maximum Gasteiger partial charge on any atom is 0.427 e. The summed E-state index contributed by atoms with van der Waals surface area (Å²) in [4.78, 5) is 4.47. The molecule has 1 N–H and O–H groups in total. The summed E-state index contributed by atoms with van der Waals surface area (Å²) in [7, 11) is -3.65. The molecule has 5 nitrogen and oxygen atoms in total. The Labute approximate surface area is 181 Å². The summed E-state index contributed by atoms with van der Waals surface area (Å²) >= 11 is 18.3. The van der Waals surface area contributed by atoms with Crippen molar-refractivity contribution in [2.45, 2.75) is 0 Å². The average molecular weight is 469 g/mol. The first-order chi connectivity index (χ1) is 13.7. The highest BCUT2D eigenvalue weighted by Crippen LogP contribution is 2.50. The van der Waals surface area contributed by atoms with E-state index in [4.69, 9.17) is 43.9 Å². The zero-order valence-electron chi connectivity index (χ0n) is 14.9. The molecule has 148 valence electrons. The smallest absolute Gasteiger partial charge is 0.427 e. The van der Waals surface area contributed by atoms with Gasteiger partial charge in [0.25, 0.3) is 0 Å². The average Bonchev–Trinajstić information content (AvgIpc) is 2.64. The summed E-state index contributed by atoms with van der Waals surface area (Å²) < 4.78 is 23.8. The zero-order valence-corrected chi connectivity index (χ0v) is 18.1. The number of fused-ring (bicyclic) bond motifs is 2. The minimum atomic E-state index is -3.65. The van der Waals surface area contributed by atoms with Crippen molar-refractivity contribution in [1.29, 1.82) is 0 Å². The molecule has 4 aromatic rings. The first kappa shape index (κ1) is 20.1. The third-order valence-corrected chi connectivity index (χ3v) is 5.91. The number of aromatic nitrogens is 1. The molecule has 0 bridgehead atoms. The molecule has 0 aliphatic carbocycles. The van der Waals surface area contributed by atoms with Crippen LogP contribution in [0.3, 0.4) is 0 Å². The second-order valence-electron chi connectivity index (χ2n) is 6.34. The molecule has 0 amide bonds. The van der Waals surface area contributed by atoms with Crippen molar-refractivity contribution in [3.05, 3.63) is 69.7 Å². The van der Waals surface area contributed by atoms with Crippen LogP contribution in [0.15, 0.2) is 54.6 Å². The fraction of sp³-hybridized carbons (Fsp3) is 0.0500. The second kappa shape index (κ2) is 7.58. The van der Waals surface area contributed by atoms with Crippen LogP contribution >= 0.6 is 42.4 Å². The van der Waals surface area contributed by atoms with E-state index in [1.165, 1.54) is 18.8 Å². The fourth-order valence-electron chi connectivity index (χ4n) is 2.87. The molecule has 1 atom stereocenters. The molecule has 1 heterocycles. The van der Waals surface area contributed by atoms with Gasteiger partial charge in [0.1, 0.15) is 5.75 Å². The van der Waals surface area contributed by atoms with Gasteiger partial charge in [-0.3, -0.25) is 0 Å². The number of phenols is 1. The summed E-state index contributed by atoms with van der Waals surface area (Å²) in [6.45, 7) is 1.28. The lowest BCUT2D eigenvalue weighted by Crippen LogP contribution is -2.00. The molecule has 0 aliphatic heterocycles. The molecular weight excluding hydrogens is 456 g/mol. The van der Waals surface area contributed by atoms with Crippen LogP contribution in [-0.2, 0) is 4.57 Å². The number of halogens is 3. The van der Waals surface area contributed by atoms with Crippen LogP contribution in [0.2, 0.25) is 15.1 Å². The van der Waals surface area contributed by atoms with E-state index in [2.05, 4.69) is 4.98 Å². The van der Waals surface area contributed by atoms with Gasteiger partial charge in [-0.15, -0.1) is 0 Å². The highest BCUT2D eigenvalue weighted by Gasteiger charge is 2.24. The lowest BCUT2D eigenvalue weighted by Gasteiger charge is -2.18. The van der Waals surface area contributed by atoms with Crippen molar-refractivity contribution in [2.75, 3.05) is 6.66 Å². The molecule has 4 rings (SSSR count). The third kappa shape index (κ3) is 4.24. The molecule has 1 aromatic heterocycles. The monoisotopic (exact) mass is 467 g/mol. The minimum absolute atomic E-state index is 0.0783. The van der Waals surface area contributed by atoms with E-state index < -0.39 is 7.60 Å². The molecule has 0 saturated carbocycles. The van der Waals surface area contributed by atoms with Crippen LogP contribution in [0, 0.1) is 0 Å². The SMILES string of the molecule is CP(=O)(Oc1cccc(Cl)c1)Oc1cc(Cl)c2nc3cc(Cl)ccc3cc2c1O.